The van der Waals surface area contributed by atoms with E-state index in [1.165, 1.54) is 0 Å². The third-order valence-electron chi connectivity index (χ3n) is 3.35. The molecule has 0 aliphatic carbocycles. The van der Waals surface area contributed by atoms with Crippen LogP contribution in [0.2, 0.25) is 0 Å². The number of aromatic nitrogens is 5. The minimum Gasteiger partial charge on any atom is -0.337 e. The van der Waals surface area contributed by atoms with Crippen molar-refractivity contribution in [3.05, 3.63) is 41.3 Å². The SMILES string of the molecule is Cc1cnc2c(c1)[nH]c(=S)n2CCCCn1ccnc1. The second-order valence-corrected chi connectivity index (χ2v) is 5.36. The van der Waals surface area contributed by atoms with Crippen molar-refractivity contribution >= 4 is 23.4 Å². The third-order valence-corrected chi connectivity index (χ3v) is 3.68. The van der Waals surface area contributed by atoms with E-state index in [4.69, 9.17) is 12.2 Å². The topological polar surface area (TPSA) is 51.4 Å². The zero-order valence-electron chi connectivity index (χ0n) is 11.4. The minimum atomic E-state index is 0.751. The first-order valence-electron chi connectivity index (χ1n) is 6.75. The Labute approximate surface area is 122 Å². The molecule has 0 bridgehead atoms. The van der Waals surface area contributed by atoms with E-state index in [1.54, 1.807) is 0 Å². The van der Waals surface area contributed by atoms with Crippen molar-refractivity contribution in [2.75, 3.05) is 0 Å². The van der Waals surface area contributed by atoms with Crippen LogP contribution < -0.4 is 0 Å². The second kappa shape index (κ2) is 5.58. The number of hydrogen-bond acceptors (Lipinski definition) is 3. The molecule has 0 aliphatic heterocycles. The molecule has 0 atom stereocenters. The van der Waals surface area contributed by atoms with E-state index < -0.39 is 0 Å². The zero-order chi connectivity index (χ0) is 13.9. The van der Waals surface area contributed by atoms with Gasteiger partial charge in [0.2, 0.25) is 0 Å². The Morgan fingerprint density at radius 1 is 1.30 bits per heavy atom. The number of nitrogens with zero attached hydrogens (tertiary/aromatic N) is 4. The molecule has 0 aliphatic rings. The van der Waals surface area contributed by atoms with Crippen LogP contribution in [0.25, 0.3) is 11.2 Å². The monoisotopic (exact) mass is 287 g/mol. The molecule has 3 aromatic rings. The van der Waals surface area contributed by atoms with Gasteiger partial charge in [-0.15, -0.1) is 0 Å². The van der Waals surface area contributed by atoms with Crippen molar-refractivity contribution in [1.82, 2.24) is 24.1 Å². The van der Waals surface area contributed by atoms with Gasteiger partial charge in [-0.2, -0.15) is 0 Å². The largest absolute Gasteiger partial charge is 0.337 e. The molecule has 0 saturated heterocycles. The first-order chi connectivity index (χ1) is 9.74. The molecular weight excluding hydrogens is 270 g/mol. The summed E-state index contributed by atoms with van der Waals surface area (Å²) in [5, 5.41) is 0. The number of imidazole rings is 2. The summed E-state index contributed by atoms with van der Waals surface area (Å²) in [7, 11) is 0. The number of pyridine rings is 1. The predicted octanol–water partition coefficient (Wildman–Crippen LogP) is 3.08. The first-order valence-corrected chi connectivity index (χ1v) is 7.16. The van der Waals surface area contributed by atoms with Crippen molar-refractivity contribution in [3.8, 4) is 0 Å². The second-order valence-electron chi connectivity index (χ2n) is 4.97. The average Bonchev–Trinajstić information content (AvgIpc) is 3.02. The van der Waals surface area contributed by atoms with E-state index in [2.05, 4.69) is 30.2 Å². The highest BCUT2D eigenvalue weighted by atomic mass is 32.1. The lowest BCUT2D eigenvalue weighted by Crippen LogP contribution is -2.02. The number of aromatic amines is 1. The molecule has 0 unspecified atom stereocenters. The van der Waals surface area contributed by atoms with Gasteiger partial charge >= 0.3 is 0 Å². The van der Waals surface area contributed by atoms with Gasteiger partial charge in [0.05, 0.1) is 11.8 Å². The van der Waals surface area contributed by atoms with Crippen LogP contribution in [0.15, 0.2) is 31.0 Å². The smallest absolute Gasteiger partial charge is 0.179 e. The summed E-state index contributed by atoms with van der Waals surface area (Å²) in [6.07, 6.45) is 9.68. The van der Waals surface area contributed by atoms with Crippen LogP contribution in [0.3, 0.4) is 0 Å². The van der Waals surface area contributed by atoms with Crippen LogP contribution in [0.4, 0.5) is 0 Å². The van der Waals surface area contributed by atoms with Crippen molar-refractivity contribution in [2.45, 2.75) is 32.9 Å². The van der Waals surface area contributed by atoms with Gasteiger partial charge in [-0.1, -0.05) is 0 Å². The summed E-state index contributed by atoms with van der Waals surface area (Å²) in [6.45, 7) is 3.91. The predicted molar refractivity (Wildman–Crippen MR) is 81.1 cm³/mol. The maximum absolute atomic E-state index is 5.38. The molecule has 0 saturated carbocycles. The molecule has 3 heterocycles. The van der Waals surface area contributed by atoms with Gasteiger partial charge < -0.3 is 14.1 Å². The Hall–Kier alpha value is -1.95. The summed E-state index contributed by atoms with van der Waals surface area (Å²) < 4.78 is 4.93. The quantitative estimate of drug-likeness (QED) is 0.579. The van der Waals surface area contributed by atoms with Crippen molar-refractivity contribution in [2.24, 2.45) is 0 Å². The molecule has 0 amide bonds. The molecule has 104 valence electrons. The fourth-order valence-corrected chi connectivity index (χ4v) is 2.63. The van der Waals surface area contributed by atoms with E-state index in [0.717, 1.165) is 47.4 Å². The Morgan fingerprint density at radius 2 is 2.15 bits per heavy atom. The molecule has 6 heteroatoms. The van der Waals surface area contributed by atoms with Crippen molar-refractivity contribution in [1.29, 1.82) is 0 Å². The lowest BCUT2D eigenvalue weighted by atomic mass is 10.3. The van der Waals surface area contributed by atoms with Gasteiger partial charge in [0.15, 0.2) is 10.4 Å². The van der Waals surface area contributed by atoms with Crippen LogP contribution >= 0.6 is 12.2 Å². The maximum Gasteiger partial charge on any atom is 0.179 e. The lowest BCUT2D eigenvalue weighted by Gasteiger charge is -2.05. The molecule has 5 nitrogen and oxygen atoms in total. The number of hydrogen-bond donors (Lipinski definition) is 1. The first kappa shape index (κ1) is 13.1. The van der Waals surface area contributed by atoms with E-state index in [0.29, 0.717) is 0 Å². The number of fused-ring (bicyclic) bond motifs is 1. The molecule has 3 aromatic heterocycles. The van der Waals surface area contributed by atoms with Gasteiger partial charge in [0.1, 0.15) is 0 Å². The Bertz CT molecular complexity index is 754. The van der Waals surface area contributed by atoms with Gasteiger partial charge in [-0.05, 0) is 43.6 Å². The van der Waals surface area contributed by atoms with Crippen LogP contribution in [0.1, 0.15) is 18.4 Å². The lowest BCUT2D eigenvalue weighted by molar-refractivity contribution is 0.555. The maximum atomic E-state index is 5.38. The number of unbranched alkanes of at least 4 members (excludes halogenated alkanes) is 1. The van der Waals surface area contributed by atoms with E-state index in [1.807, 2.05) is 31.8 Å². The fraction of sp³-hybridized carbons (Fsp3) is 0.357. The van der Waals surface area contributed by atoms with E-state index >= 15 is 0 Å². The Balaban J connectivity index is 1.68. The average molecular weight is 287 g/mol. The summed E-state index contributed by atoms with van der Waals surface area (Å²) >= 11 is 5.38. The van der Waals surface area contributed by atoms with Gasteiger partial charge in [0, 0.05) is 31.7 Å². The highest BCUT2D eigenvalue weighted by Gasteiger charge is 2.05. The number of H-pyrrole nitrogens is 1. The molecule has 1 N–H and O–H groups in total. The van der Waals surface area contributed by atoms with Crippen LogP contribution in [0.5, 0.6) is 0 Å². The zero-order valence-corrected chi connectivity index (χ0v) is 12.2. The Morgan fingerprint density at radius 3 is 2.95 bits per heavy atom. The number of rotatable bonds is 5. The van der Waals surface area contributed by atoms with Crippen LogP contribution in [-0.2, 0) is 13.1 Å². The fourth-order valence-electron chi connectivity index (χ4n) is 2.34. The van der Waals surface area contributed by atoms with Crippen LogP contribution in [-0.4, -0.2) is 24.1 Å². The third kappa shape index (κ3) is 2.65. The number of nitrogens with one attached hydrogen (secondary N) is 1. The molecular formula is C14H17N5S. The highest BCUT2D eigenvalue weighted by Crippen LogP contribution is 2.14. The van der Waals surface area contributed by atoms with E-state index in [9.17, 15) is 0 Å². The summed E-state index contributed by atoms with van der Waals surface area (Å²) in [5.74, 6) is 0. The van der Waals surface area contributed by atoms with E-state index in [-0.39, 0.29) is 0 Å². The molecule has 0 aromatic carbocycles. The molecule has 0 fully saturated rings. The van der Waals surface area contributed by atoms with Crippen molar-refractivity contribution in [3.63, 3.8) is 0 Å². The summed E-state index contributed by atoms with van der Waals surface area (Å²) in [6, 6.07) is 2.08. The van der Waals surface area contributed by atoms with Gasteiger partial charge in [-0.3, -0.25) is 0 Å². The highest BCUT2D eigenvalue weighted by molar-refractivity contribution is 7.71. The van der Waals surface area contributed by atoms with Gasteiger partial charge in [0.25, 0.3) is 0 Å². The standard InChI is InChI=1S/C14H17N5S/c1-11-8-12-13(16-9-11)19(14(20)17-12)6-3-2-5-18-7-4-15-10-18/h4,7-10H,2-3,5-6H2,1H3,(H,17,20). The summed E-state index contributed by atoms with van der Waals surface area (Å²) in [4.78, 5) is 11.7. The Kier molecular flexibility index (Phi) is 3.64. The molecule has 0 radical (unpaired) electrons. The normalized spacial score (nSPS) is 11.2. The number of aryl methyl sites for hydroxylation is 3. The molecule has 0 spiro atoms. The van der Waals surface area contributed by atoms with Gasteiger partial charge in [-0.25, -0.2) is 9.97 Å². The van der Waals surface area contributed by atoms with Crippen LogP contribution in [0, 0.1) is 11.7 Å². The molecule has 3 rings (SSSR count). The minimum absolute atomic E-state index is 0.751. The summed E-state index contributed by atoms with van der Waals surface area (Å²) in [5.41, 5.74) is 3.11. The molecule has 20 heavy (non-hydrogen) atoms. The van der Waals surface area contributed by atoms with Crippen molar-refractivity contribution < 1.29 is 0 Å².